The highest BCUT2D eigenvalue weighted by Crippen LogP contribution is 2.20. The van der Waals surface area contributed by atoms with Crippen LogP contribution in [-0.2, 0) is 6.54 Å². The summed E-state index contributed by atoms with van der Waals surface area (Å²) in [7, 11) is 1.68. The number of rotatable bonds is 4. The highest BCUT2D eigenvalue weighted by atomic mass is 19.4. The predicted octanol–water partition coefficient (Wildman–Crippen LogP) is 2.96. The number of benzene rings is 1. The fraction of sp³-hybridized carbons (Fsp3) is 0.500. The fourth-order valence-electron chi connectivity index (χ4n) is 1.54. The molecule has 0 aliphatic heterocycles. The maximum atomic E-state index is 12.0. The molecule has 0 radical (unpaired) electrons. The van der Waals surface area contributed by atoms with Gasteiger partial charge in [-0.1, -0.05) is 12.1 Å². The van der Waals surface area contributed by atoms with Crippen molar-refractivity contribution in [1.29, 1.82) is 0 Å². The van der Waals surface area contributed by atoms with Crippen molar-refractivity contribution in [2.24, 2.45) is 0 Å². The Hall–Kier alpha value is -1.23. The Labute approximate surface area is 99.2 Å². The molecule has 0 heterocycles. The largest absolute Gasteiger partial charge is 0.399 e. The minimum atomic E-state index is -4.09. The van der Waals surface area contributed by atoms with Crippen LogP contribution in [0.4, 0.5) is 18.9 Å². The highest BCUT2D eigenvalue weighted by Gasteiger charge is 2.26. The molecule has 0 bridgehead atoms. The number of nitrogen functional groups attached to an aromatic ring is 1. The van der Waals surface area contributed by atoms with Crippen LogP contribution in [0.1, 0.15) is 17.5 Å². The van der Waals surface area contributed by atoms with E-state index >= 15 is 0 Å². The number of anilines is 1. The first kappa shape index (κ1) is 13.8. The summed E-state index contributed by atoms with van der Waals surface area (Å²) in [6, 6.07) is 5.52. The van der Waals surface area contributed by atoms with Crippen LogP contribution in [0.25, 0.3) is 0 Å². The number of alkyl halides is 3. The molecule has 0 spiro atoms. The summed E-state index contributed by atoms with van der Waals surface area (Å²) in [4.78, 5) is 1.65. The molecule has 0 atom stereocenters. The topological polar surface area (TPSA) is 29.3 Å². The molecule has 1 aromatic rings. The van der Waals surface area contributed by atoms with Crippen molar-refractivity contribution in [1.82, 2.24) is 4.90 Å². The first-order valence-electron chi connectivity index (χ1n) is 5.38. The summed E-state index contributed by atoms with van der Waals surface area (Å²) in [6.45, 7) is 2.39. The summed E-state index contributed by atoms with van der Waals surface area (Å²) in [5.74, 6) is 0. The third-order valence-corrected chi connectivity index (χ3v) is 2.56. The van der Waals surface area contributed by atoms with Crippen molar-refractivity contribution in [3.8, 4) is 0 Å². The molecule has 0 saturated heterocycles. The van der Waals surface area contributed by atoms with Gasteiger partial charge in [0.15, 0.2) is 0 Å². The number of nitrogens with two attached hydrogens (primary N) is 1. The van der Waals surface area contributed by atoms with Gasteiger partial charge in [-0.2, -0.15) is 13.2 Å². The van der Waals surface area contributed by atoms with Crippen LogP contribution < -0.4 is 5.73 Å². The van der Waals surface area contributed by atoms with E-state index in [0.29, 0.717) is 12.2 Å². The second-order valence-corrected chi connectivity index (χ2v) is 4.29. The molecular weight excluding hydrogens is 229 g/mol. The summed E-state index contributed by atoms with van der Waals surface area (Å²) in [5, 5.41) is 0. The minimum absolute atomic E-state index is 0.00687. The molecule has 0 aliphatic carbocycles. The van der Waals surface area contributed by atoms with E-state index in [-0.39, 0.29) is 6.54 Å². The summed E-state index contributed by atoms with van der Waals surface area (Å²) in [6.07, 6.45) is -4.87. The molecule has 0 fully saturated rings. The van der Waals surface area contributed by atoms with Gasteiger partial charge in [-0.3, -0.25) is 0 Å². The average Bonchev–Trinajstić information content (AvgIpc) is 2.20. The predicted molar refractivity (Wildman–Crippen MR) is 62.6 cm³/mol. The first-order chi connectivity index (χ1) is 7.78. The Bertz CT molecular complexity index is 375. The number of hydrogen-bond donors (Lipinski definition) is 1. The van der Waals surface area contributed by atoms with Crippen LogP contribution in [0.5, 0.6) is 0 Å². The molecule has 1 aromatic carbocycles. The van der Waals surface area contributed by atoms with E-state index in [0.717, 1.165) is 11.1 Å². The van der Waals surface area contributed by atoms with E-state index in [4.69, 9.17) is 5.73 Å². The monoisotopic (exact) mass is 246 g/mol. The maximum absolute atomic E-state index is 12.0. The van der Waals surface area contributed by atoms with E-state index < -0.39 is 12.6 Å². The molecule has 96 valence electrons. The van der Waals surface area contributed by atoms with E-state index in [1.807, 2.05) is 19.1 Å². The normalized spacial score (nSPS) is 12.1. The molecule has 17 heavy (non-hydrogen) atoms. The van der Waals surface area contributed by atoms with Gasteiger partial charge in [0.25, 0.3) is 0 Å². The summed E-state index contributed by atoms with van der Waals surface area (Å²) >= 11 is 0. The van der Waals surface area contributed by atoms with Crippen LogP contribution in [-0.4, -0.2) is 24.7 Å². The third kappa shape index (κ3) is 5.08. The Morgan fingerprint density at radius 1 is 1.29 bits per heavy atom. The van der Waals surface area contributed by atoms with Crippen molar-refractivity contribution in [2.45, 2.75) is 26.1 Å². The Morgan fingerprint density at radius 2 is 1.94 bits per heavy atom. The van der Waals surface area contributed by atoms with Crippen molar-refractivity contribution < 1.29 is 13.2 Å². The summed E-state index contributed by atoms with van der Waals surface area (Å²) in [5.41, 5.74) is 8.30. The lowest BCUT2D eigenvalue weighted by molar-refractivity contribution is -0.137. The van der Waals surface area contributed by atoms with Gasteiger partial charge in [-0.25, -0.2) is 0 Å². The zero-order chi connectivity index (χ0) is 13.1. The van der Waals surface area contributed by atoms with Crippen LogP contribution >= 0.6 is 0 Å². The van der Waals surface area contributed by atoms with Gasteiger partial charge in [0.05, 0.1) is 6.42 Å². The molecule has 0 saturated carbocycles. The second kappa shape index (κ2) is 5.40. The lowest BCUT2D eigenvalue weighted by atomic mass is 10.1. The molecule has 5 heteroatoms. The zero-order valence-electron chi connectivity index (χ0n) is 10.0. The Kier molecular flexibility index (Phi) is 4.40. The maximum Gasteiger partial charge on any atom is 0.390 e. The van der Waals surface area contributed by atoms with Gasteiger partial charge in [-0.15, -0.1) is 0 Å². The number of aryl methyl sites for hydroxylation is 1. The summed E-state index contributed by atoms with van der Waals surface area (Å²) < 4.78 is 36.1. The van der Waals surface area contributed by atoms with Gasteiger partial charge in [0.1, 0.15) is 0 Å². The molecule has 1 rings (SSSR count). The van der Waals surface area contributed by atoms with Crippen LogP contribution in [0.3, 0.4) is 0 Å². The van der Waals surface area contributed by atoms with Crippen molar-refractivity contribution in [3.63, 3.8) is 0 Å². The van der Waals surface area contributed by atoms with Gasteiger partial charge in [0, 0.05) is 18.8 Å². The van der Waals surface area contributed by atoms with Crippen molar-refractivity contribution >= 4 is 5.69 Å². The minimum Gasteiger partial charge on any atom is -0.399 e. The Balaban J connectivity index is 2.50. The lowest BCUT2D eigenvalue weighted by Gasteiger charge is -2.18. The third-order valence-electron chi connectivity index (χ3n) is 2.56. The molecule has 2 nitrogen and oxygen atoms in total. The highest BCUT2D eigenvalue weighted by molar-refractivity contribution is 5.47. The van der Waals surface area contributed by atoms with Crippen LogP contribution in [0, 0.1) is 6.92 Å². The number of halogens is 3. The van der Waals surface area contributed by atoms with Gasteiger partial charge in [-0.05, 0) is 31.2 Å². The Morgan fingerprint density at radius 3 is 2.47 bits per heavy atom. The standard InChI is InChI=1S/C12H17F3N2/c1-9-7-10(3-4-11(9)16)8-17(2)6-5-12(13,14)15/h3-4,7H,5-6,8,16H2,1-2H3. The van der Waals surface area contributed by atoms with Gasteiger partial charge >= 0.3 is 6.18 Å². The number of nitrogens with zero attached hydrogens (tertiary/aromatic N) is 1. The van der Waals surface area contributed by atoms with Crippen LogP contribution in [0.15, 0.2) is 18.2 Å². The van der Waals surface area contributed by atoms with E-state index in [1.165, 1.54) is 0 Å². The number of hydrogen-bond acceptors (Lipinski definition) is 2. The fourth-order valence-corrected chi connectivity index (χ4v) is 1.54. The van der Waals surface area contributed by atoms with Crippen LogP contribution in [0.2, 0.25) is 0 Å². The van der Waals surface area contributed by atoms with Crippen molar-refractivity contribution in [2.75, 3.05) is 19.3 Å². The van der Waals surface area contributed by atoms with Gasteiger partial charge in [0.2, 0.25) is 0 Å². The van der Waals surface area contributed by atoms with Gasteiger partial charge < -0.3 is 10.6 Å². The molecule has 0 amide bonds. The first-order valence-corrected chi connectivity index (χ1v) is 5.38. The quantitative estimate of drug-likeness (QED) is 0.827. The zero-order valence-corrected chi connectivity index (χ0v) is 10.0. The SMILES string of the molecule is Cc1cc(CN(C)CCC(F)(F)F)ccc1N. The molecule has 0 aliphatic rings. The lowest BCUT2D eigenvalue weighted by Crippen LogP contribution is -2.24. The van der Waals surface area contributed by atoms with E-state index in [2.05, 4.69) is 0 Å². The molecule has 0 unspecified atom stereocenters. The van der Waals surface area contributed by atoms with Crippen molar-refractivity contribution in [3.05, 3.63) is 29.3 Å². The second-order valence-electron chi connectivity index (χ2n) is 4.29. The molecular formula is C12H17F3N2. The molecule has 0 aromatic heterocycles. The average molecular weight is 246 g/mol. The van der Waals surface area contributed by atoms with E-state index in [9.17, 15) is 13.2 Å². The smallest absolute Gasteiger partial charge is 0.390 e. The molecule has 2 N–H and O–H groups in total. The van der Waals surface area contributed by atoms with E-state index in [1.54, 1.807) is 18.0 Å².